The summed E-state index contributed by atoms with van der Waals surface area (Å²) in [6.07, 6.45) is 5.94. The standard InChI is InChI=1S/C17H26N4O/c1-14-4-10-20(11-5-14)16(15-2-6-18-7-3-15)17(22)21-12-8-19-9-13-21/h2-3,6-7,14,16,19H,4-5,8-13H2,1H3. The third-order valence-electron chi connectivity index (χ3n) is 4.87. The van der Waals surface area contributed by atoms with E-state index >= 15 is 0 Å². The molecule has 0 radical (unpaired) electrons. The van der Waals surface area contributed by atoms with Crippen LogP contribution in [0.3, 0.4) is 0 Å². The summed E-state index contributed by atoms with van der Waals surface area (Å²) in [5, 5.41) is 3.32. The number of amides is 1. The first-order valence-electron chi connectivity index (χ1n) is 8.39. The lowest BCUT2D eigenvalue weighted by molar-refractivity contribution is -0.138. The summed E-state index contributed by atoms with van der Waals surface area (Å²) >= 11 is 0. The molecule has 1 atom stereocenters. The predicted octanol–water partition coefficient (Wildman–Crippen LogP) is 1.29. The van der Waals surface area contributed by atoms with E-state index in [0.29, 0.717) is 0 Å². The molecular formula is C17H26N4O. The average Bonchev–Trinajstić information content (AvgIpc) is 2.58. The van der Waals surface area contributed by atoms with Crippen LogP contribution in [-0.2, 0) is 4.79 Å². The lowest BCUT2D eigenvalue weighted by Crippen LogP contribution is -2.51. The van der Waals surface area contributed by atoms with Crippen LogP contribution < -0.4 is 5.32 Å². The van der Waals surface area contributed by atoms with E-state index in [4.69, 9.17) is 0 Å². The summed E-state index contributed by atoms with van der Waals surface area (Å²) in [7, 11) is 0. The van der Waals surface area contributed by atoms with Gasteiger partial charge in [0.25, 0.3) is 0 Å². The second-order valence-corrected chi connectivity index (χ2v) is 6.48. The van der Waals surface area contributed by atoms with Crippen LogP contribution in [0.5, 0.6) is 0 Å². The smallest absolute Gasteiger partial charge is 0.244 e. The number of piperidine rings is 1. The van der Waals surface area contributed by atoms with Crippen molar-refractivity contribution in [3.05, 3.63) is 30.1 Å². The van der Waals surface area contributed by atoms with Crippen LogP contribution in [0.1, 0.15) is 31.4 Å². The Morgan fingerprint density at radius 3 is 2.45 bits per heavy atom. The topological polar surface area (TPSA) is 48.5 Å². The molecule has 3 rings (SSSR count). The normalized spacial score (nSPS) is 22.5. The van der Waals surface area contributed by atoms with Crippen molar-refractivity contribution in [3.63, 3.8) is 0 Å². The van der Waals surface area contributed by atoms with Gasteiger partial charge in [0.2, 0.25) is 5.91 Å². The quantitative estimate of drug-likeness (QED) is 0.914. The van der Waals surface area contributed by atoms with Gasteiger partial charge >= 0.3 is 0 Å². The van der Waals surface area contributed by atoms with Crippen LogP contribution in [0.15, 0.2) is 24.5 Å². The first-order valence-corrected chi connectivity index (χ1v) is 8.39. The number of pyridine rings is 1. The first-order chi connectivity index (χ1) is 10.8. The van der Waals surface area contributed by atoms with E-state index in [-0.39, 0.29) is 11.9 Å². The molecule has 22 heavy (non-hydrogen) atoms. The van der Waals surface area contributed by atoms with Crippen LogP contribution >= 0.6 is 0 Å². The molecule has 0 aromatic carbocycles. The average molecular weight is 302 g/mol. The van der Waals surface area contributed by atoms with Gasteiger partial charge in [-0.15, -0.1) is 0 Å². The Hall–Kier alpha value is -1.46. The monoisotopic (exact) mass is 302 g/mol. The van der Waals surface area contributed by atoms with Crippen LogP contribution in [-0.4, -0.2) is 60.0 Å². The third kappa shape index (κ3) is 3.47. The molecule has 0 aliphatic carbocycles. The number of carbonyl (C=O) groups is 1. The lowest BCUT2D eigenvalue weighted by atomic mass is 9.95. The highest BCUT2D eigenvalue weighted by Crippen LogP contribution is 2.28. The fourth-order valence-electron chi connectivity index (χ4n) is 3.40. The molecular weight excluding hydrogens is 276 g/mol. The van der Waals surface area contributed by atoms with Crippen LogP contribution in [0.4, 0.5) is 0 Å². The lowest BCUT2D eigenvalue weighted by Gasteiger charge is -2.39. The third-order valence-corrected chi connectivity index (χ3v) is 4.87. The van der Waals surface area contributed by atoms with Crippen molar-refractivity contribution >= 4 is 5.91 Å². The van der Waals surface area contributed by atoms with Crippen molar-refractivity contribution in [2.75, 3.05) is 39.3 Å². The maximum absolute atomic E-state index is 13.1. The Balaban J connectivity index is 1.81. The van der Waals surface area contributed by atoms with Crippen molar-refractivity contribution in [2.45, 2.75) is 25.8 Å². The zero-order valence-corrected chi connectivity index (χ0v) is 13.4. The molecule has 1 aromatic heterocycles. The summed E-state index contributed by atoms with van der Waals surface area (Å²) in [4.78, 5) is 21.6. The minimum absolute atomic E-state index is 0.145. The Bertz CT molecular complexity index is 479. The highest BCUT2D eigenvalue weighted by Gasteiger charge is 2.33. The minimum atomic E-state index is -0.145. The molecule has 1 unspecified atom stereocenters. The SMILES string of the molecule is CC1CCN(C(C(=O)N2CCNCC2)c2ccncc2)CC1. The molecule has 2 fully saturated rings. The van der Waals surface area contributed by atoms with Crippen molar-refractivity contribution in [1.29, 1.82) is 0 Å². The van der Waals surface area contributed by atoms with Gasteiger partial charge in [0, 0.05) is 38.6 Å². The summed E-state index contributed by atoms with van der Waals surface area (Å²) in [5.74, 6) is 1.02. The predicted molar refractivity (Wildman–Crippen MR) is 86.4 cm³/mol. The molecule has 5 heteroatoms. The van der Waals surface area contributed by atoms with Crippen LogP contribution in [0.2, 0.25) is 0 Å². The molecule has 2 aliphatic rings. The molecule has 3 heterocycles. The van der Waals surface area contributed by atoms with Crippen LogP contribution in [0.25, 0.3) is 0 Å². The van der Waals surface area contributed by atoms with Gasteiger partial charge in [-0.2, -0.15) is 0 Å². The van der Waals surface area contributed by atoms with E-state index in [2.05, 4.69) is 22.1 Å². The number of rotatable bonds is 3. The van der Waals surface area contributed by atoms with E-state index in [1.54, 1.807) is 12.4 Å². The van der Waals surface area contributed by atoms with E-state index in [1.165, 1.54) is 12.8 Å². The zero-order chi connectivity index (χ0) is 15.4. The molecule has 2 saturated heterocycles. The number of nitrogens with zero attached hydrogens (tertiary/aromatic N) is 3. The zero-order valence-electron chi connectivity index (χ0n) is 13.4. The van der Waals surface area contributed by atoms with E-state index in [0.717, 1.165) is 50.7 Å². The highest BCUT2D eigenvalue weighted by molar-refractivity contribution is 5.83. The van der Waals surface area contributed by atoms with Gasteiger partial charge in [0.15, 0.2) is 0 Å². The molecule has 5 nitrogen and oxygen atoms in total. The van der Waals surface area contributed by atoms with Crippen molar-refractivity contribution in [3.8, 4) is 0 Å². The number of likely N-dealkylation sites (tertiary alicyclic amines) is 1. The fourth-order valence-corrected chi connectivity index (χ4v) is 3.40. The number of piperazine rings is 1. The molecule has 0 spiro atoms. The number of nitrogens with one attached hydrogen (secondary N) is 1. The van der Waals surface area contributed by atoms with E-state index < -0.39 is 0 Å². The molecule has 1 aromatic rings. The first kappa shape index (κ1) is 15.4. The van der Waals surface area contributed by atoms with Crippen molar-refractivity contribution < 1.29 is 4.79 Å². The molecule has 0 bridgehead atoms. The summed E-state index contributed by atoms with van der Waals surface area (Å²) in [5.41, 5.74) is 1.08. The Morgan fingerprint density at radius 2 is 1.82 bits per heavy atom. The van der Waals surface area contributed by atoms with Gasteiger partial charge in [-0.1, -0.05) is 6.92 Å². The van der Waals surface area contributed by atoms with Gasteiger partial charge in [0.05, 0.1) is 0 Å². The Labute approximate surface area is 132 Å². The van der Waals surface area contributed by atoms with Gasteiger partial charge in [0.1, 0.15) is 6.04 Å². The molecule has 2 aliphatic heterocycles. The highest BCUT2D eigenvalue weighted by atomic mass is 16.2. The van der Waals surface area contributed by atoms with Gasteiger partial charge < -0.3 is 10.2 Å². The van der Waals surface area contributed by atoms with E-state index in [1.807, 2.05) is 17.0 Å². The maximum atomic E-state index is 13.1. The second-order valence-electron chi connectivity index (χ2n) is 6.48. The van der Waals surface area contributed by atoms with Gasteiger partial charge in [-0.3, -0.25) is 14.7 Å². The van der Waals surface area contributed by atoms with Crippen molar-refractivity contribution in [1.82, 2.24) is 20.1 Å². The number of hydrogen-bond donors (Lipinski definition) is 1. The van der Waals surface area contributed by atoms with Crippen LogP contribution in [0, 0.1) is 5.92 Å². The molecule has 1 amide bonds. The second kappa shape index (κ2) is 7.20. The number of carbonyl (C=O) groups excluding carboxylic acids is 1. The number of hydrogen-bond acceptors (Lipinski definition) is 4. The Kier molecular flexibility index (Phi) is 5.05. The summed E-state index contributed by atoms with van der Waals surface area (Å²) in [6, 6.07) is 3.83. The summed E-state index contributed by atoms with van der Waals surface area (Å²) in [6.45, 7) is 7.72. The van der Waals surface area contributed by atoms with E-state index in [9.17, 15) is 4.79 Å². The molecule has 120 valence electrons. The molecule has 0 saturated carbocycles. The van der Waals surface area contributed by atoms with Gasteiger partial charge in [-0.05, 0) is 49.5 Å². The maximum Gasteiger partial charge on any atom is 0.244 e. The van der Waals surface area contributed by atoms with Crippen molar-refractivity contribution in [2.24, 2.45) is 5.92 Å². The van der Waals surface area contributed by atoms with Gasteiger partial charge in [-0.25, -0.2) is 0 Å². The molecule has 1 N–H and O–H groups in total. The number of aromatic nitrogens is 1. The fraction of sp³-hybridized carbons (Fsp3) is 0.647. The summed E-state index contributed by atoms with van der Waals surface area (Å²) < 4.78 is 0. The largest absolute Gasteiger partial charge is 0.338 e. The Morgan fingerprint density at radius 1 is 1.18 bits per heavy atom. The minimum Gasteiger partial charge on any atom is -0.338 e.